The van der Waals surface area contributed by atoms with Crippen LogP contribution in [0.5, 0.6) is 0 Å². The number of thioether (sulfide) groups is 1. The molecule has 6 nitrogen and oxygen atoms in total. The maximum Gasteiger partial charge on any atom is 0.277 e. The van der Waals surface area contributed by atoms with Crippen LogP contribution in [-0.4, -0.2) is 33.3 Å². The van der Waals surface area contributed by atoms with E-state index in [1.54, 1.807) is 4.90 Å². The fraction of sp³-hybridized carbons (Fsp3) is 0.357. The van der Waals surface area contributed by atoms with Gasteiger partial charge >= 0.3 is 0 Å². The van der Waals surface area contributed by atoms with Gasteiger partial charge in [0.2, 0.25) is 11.8 Å². The van der Waals surface area contributed by atoms with Crippen LogP contribution in [0.25, 0.3) is 0 Å². The van der Waals surface area contributed by atoms with E-state index in [0.717, 1.165) is 5.56 Å². The largest absolute Gasteiger partial charge is 0.415 e. The number of nitrogens with zero attached hydrogens (tertiary/aromatic N) is 3. The molecule has 0 radical (unpaired) electrons. The molecule has 0 fully saturated rings. The zero-order valence-electron chi connectivity index (χ0n) is 11.9. The highest BCUT2D eigenvalue weighted by atomic mass is 32.2. The molecule has 0 aliphatic rings. The van der Waals surface area contributed by atoms with E-state index >= 15 is 0 Å². The lowest BCUT2D eigenvalue weighted by Gasteiger charge is -2.20. The molecule has 0 saturated heterocycles. The van der Waals surface area contributed by atoms with E-state index in [2.05, 4.69) is 10.2 Å². The highest BCUT2D eigenvalue weighted by Crippen LogP contribution is 2.17. The molecule has 1 aromatic heterocycles. The number of benzene rings is 1. The zero-order chi connectivity index (χ0) is 15.1. The molecule has 2 N–H and O–H groups in total. The van der Waals surface area contributed by atoms with Crippen molar-refractivity contribution in [3.8, 4) is 0 Å². The van der Waals surface area contributed by atoms with Crippen molar-refractivity contribution in [1.29, 1.82) is 0 Å². The molecular formula is C14H18N4O2S. The molecule has 0 spiro atoms. The lowest BCUT2D eigenvalue weighted by atomic mass is 10.2. The Bertz CT molecular complexity index is 573. The first kappa shape index (κ1) is 15.5. The van der Waals surface area contributed by atoms with Gasteiger partial charge in [0.1, 0.15) is 0 Å². The second-order valence-corrected chi connectivity index (χ2v) is 5.27. The second-order valence-electron chi connectivity index (χ2n) is 4.35. The van der Waals surface area contributed by atoms with Crippen molar-refractivity contribution in [2.45, 2.75) is 25.2 Å². The summed E-state index contributed by atoms with van der Waals surface area (Å²) in [5.74, 6) is 0.688. The third-order valence-electron chi connectivity index (χ3n) is 2.89. The van der Waals surface area contributed by atoms with Crippen LogP contribution in [0, 0.1) is 0 Å². The Morgan fingerprint density at radius 3 is 2.71 bits per heavy atom. The lowest BCUT2D eigenvalue weighted by Crippen LogP contribution is -2.31. The standard InChI is InChI=1S/C14H18N4O2S/c1-2-18(9-11-6-4-3-5-7-11)13(19)10-21-14-17-16-12(8-15)20-14/h3-7H,2,8-10,15H2,1H3. The number of carbonyl (C=O) groups is 1. The monoisotopic (exact) mass is 306 g/mol. The highest BCUT2D eigenvalue weighted by Gasteiger charge is 2.14. The highest BCUT2D eigenvalue weighted by molar-refractivity contribution is 7.99. The van der Waals surface area contributed by atoms with Crippen LogP contribution in [0.15, 0.2) is 40.0 Å². The van der Waals surface area contributed by atoms with Gasteiger partial charge in [-0.25, -0.2) is 0 Å². The lowest BCUT2D eigenvalue weighted by molar-refractivity contribution is -0.128. The topological polar surface area (TPSA) is 85.2 Å². The Morgan fingerprint density at radius 1 is 1.33 bits per heavy atom. The fourth-order valence-electron chi connectivity index (χ4n) is 1.77. The summed E-state index contributed by atoms with van der Waals surface area (Å²) in [4.78, 5) is 14.0. The molecule has 1 aromatic carbocycles. The minimum atomic E-state index is 0.0406. The van der Waals surface area contributed by atoms with Gasteiger partial charge in [0.25, 0.3) is 5.22 Å². The summed E-state index contributed by atoms with van der Waals surface area (Å²) < 4.78 is 5.26. The van der Waals surface area contributed by atoms with Gasteiger partial charge in [-0.1, -0.05) is 42.1 Å². The molecule has 0 atom stereocenters. The molecule has 0 aliphatic heterocycles. The van der Waals surface area contributed by atoms with Gasteiger partial charge < -0.3 is 15.1 Å². The van der Waals surface area contributed by atoms with E-state index in [1.165, 1.54) is 11.8 Å². The van der Waals surface area contributed by atoms with Crippen LogP contribution in [-0.2, 0) is 17.9 Å². The number of hydrogen-bond donors (Lipinski definition) is 1. The second kappa shape index (κ2) is 7.80. The number of carbonyl (C=O) groups excluding carboxylic acids is 1. The van der Waals surface area contributed by atoms with Crippen molar-refractivity contribution < 1.29 is 9.21 Å². The summed E-state index contributed by atoms with van der Waals surface area (Å²) in [6, 6.07) is 9.91. The number of hydrogen-bond acceptors (Lipinski definition) is 6. The average Bonchev–Trinajstić information content (AvgIpc) is 2.99. The van der Waals surface area contributed by atoms with Gasteiger partial charge in [-0.05, 0) is 12.5 Å². The van der Waals surface area contributed by atoms with Crippen molar-refractivity contribution in [2.24, 2.45) is 5.73 Å². The van der Waals surface area contributed by atoms with E-state index in [9.17, 15) is 4.79 Å². The molecule has 112 valence electrons. The summed E-state index contributed by atoms with van der Waals surface area (Å²) in [5.41, 5.74) is 6.51. The first-order valence-corrected chi connectivity index (χ1v) is 7.68. The summed E-state index contributed by atoms with van der Waals surface area (Å²) in [6.07, 6.45) is 0. The maximum atomic E-state index is 12.2. The molecular weight excluding hydrogens is 288 g/mol. The number of aromatic nitrogens is 2. The van der Waals surface area contributed by atoms with E-state index < -0.39 is 0 Å². The Morgan fingerprint density at radius 2 is 2.10 bits per heavy atom. The van der Waals surface area contributed by atoms with E-state index in [4.69, 9.17) is 10.2 Å². The normalized spacial score (nSPS) is 10.6. The Balaban J connectivity index is 1.88. The van der Waals surface area contributed by atoms with Gasteiger partial charge in [-0.15, -0.1) is 10.2 Å². The van der Waals surface area contributed by atoms with Crippen LogP contribution in [0.2, 0.25) is 0 Å². The van der Waals surface area contributed by atoms with E-state index in [0.29, 0.717) is 24.2 Å². The Hall–Kier alpha value is -1.86. The van der Waals surface area contributed by atoms with E-state index in [-0.39, 0.29) is 18.2 Å². The third kappa shape index (κ3) is 4.57. The van der Waals surface area contributed by atoms with Crippen LogP contribution in [0.1, 0.15) is 18.4 Å². The summed E-state index contributed by atoms with van der Waals surface area (Å²) in [6.45, 7) is 3.43. The van der Waals surface area contributed by atoms with Gasteiger partial charge in [0.15, 0.2) is 0 Å². The summed E-state index contributed by atoms with van der Waals surface area (Å²) in [5, 5.41) is 7.96. The molecule has 1 heterocycles. The fourth-order valence-corrected chi connectivity index (χ4v) is 2.46. The third-order valence-corrected chi connectivity index (χ3v) is 3.70. The number of rotatable bonds is 7. The van der Waals surface area contributed by atoms with Gasteiger partial charge in [-0.3, -0.25) is 4.79 Å². The van der Waals surface area contributed by atoms with Crippen LogP contribution >= 0.6 is 11.8 Å². The van der Waals surface area contributed by atoms with Crippen LogP contribution < -0.4 is 5.73 Å². The van der Waals surface area contributed by atoms with Crippen LogP contribution in [0.3, 0.4) is 0 Å². The average molecular weight is 306 g/mol. The molecule has 1 amide bonds. The summed E-state index contributed by atoms with van der Waals surface area (Å²) in [7, 11) is 0. The summed E-state index contributed by atoms with van der Waals surface area (Å²) >= 11 is 1.23. The molecule has 7 heteroatoms. The van der Waals surface area contributed by atoms with Crippen LogP contribution in [0.4, 0.5) is 0 Å². The van der Waals surface area contributed by atoms with Crippen molar-refractivity contribution >= 4 is 17.7 Å². The SMILES string of the molecule is CCN(Cc1ccccc1)C(=O)CSc1nnc(CN)o1. The van der Waals surface area contributed by atoms with Crippen molar-refractivity contribution in [2.75, 3.05) is 12.3 Å². The van der Waals surface area contributed by atoms with Gasteiger partial charge in [-0.2, -0.15) is 0 Å². The molecule has 21 heavy (non-hydrogen) atoms. The van der Waals surface area contributed by atoms with Gasteiger partial charge in [0.05, 0.1) is 12.3 Å². The molecule has 2 rings (SSSR count). The quantitative estimate of drug-likeness (QED) is 0.783. The predicted molar refractivity (Wildman–Crippen MR) is 80.4 cm³/mol. The molecule has 0 aliphatic carbocycles. The number of nitrogens with two attached hydrogens (primary N) is 1. The molecule has 2 aromatic rings. The minimum absolute atomic E-state index is 0.0406. The zero-order valence-corrected chi connectivity index (χ0v) is 12.7. The van der Waals surface area contributed by atoms with Crippen molar-refractivity contribution in [3.63, 3.8) is 0 Å². The minimum Gasteiger partial charge on any atom is -0.415 e. The molecule has 0 bridgehead atoms. The smallest absolute Gasteiger partial charge is 0.277 e. The first-order chi connectivity index (χ1) is 10.2. The van der Waals surface area contributed by atoms with Crippen molar-refractivity contribution in [3.05, 3.63) is 41.8 Å². The maximum absolute atomic E-state index is 12.2. The van der Waals surface area contributed by atoms with Gasteiger partial charge in [0, 0.05) is 13.1 Å². The Kier molecular flexibility index (Phi) is 5.77. The predicted octanol–water partition coefficient (Wildman–Crippen LogP) is 1.67. The Labute approximate surface area is 127 Å². The van der Waals surface area contributed by atoms with E-state index in [1.807, 2.05) is 37.3 Å². The number of amides is 1. The van der Waals surface area contributed by atoms with Crippen molar-refractivity contribution in [1.82, 2.24) is 15.1 Å². The molecule has 0 saturated carbocycles. The molecule has 0 unspecified atom stereocenters. The first-order valence-electron chi connectivity index (χ1n) is 6.70.